The number of hydrogen-bond donors (Lipinski definition) is 2. The molecule has 0 saturated heterocycles. The van der Waals surface area contributed by atoms with E-state index < -0.39 is 0 Å². The summed E-state index contributed by atoms with van der Waals surface area (Å²) < 4.78 is 5.23. The van der Waals surface area contributed by atoms with Gasteiger partial charge in [0.05, 0.1) is 19.3 Å². The molecular formula is C12H13ClN4O. The predicted molar refractivity (Wildman–Crippen MR) is 71.8 cm³/mol. The Morgan fingerprint density at radius 2 is 2.22 bits per heavy atom. The number of nitrogens with one attached hydrogen (secondary N) is 1. The third-order valence-electron chi connectivity index (χ3n) is 2.33. The second kappa shape index (κ2) is 5.55. The lowest BCUT2D eigenvalue weighted by molar-refractivity contribution is 0.416. The summed E-state index contributed by atoms with van der Waals surface area (Å²) in [6.07, 6.45) is 1.62. The minimum atomic E-state index is 0.444. The fraction of sp³-hybridized carbons (Fsp3) is 0.167. The number of benzene rings is 1. The topological polar surface area (TPSA) is 73.1 Å². The molecule has 3 N–H and O–H groups in total. The van der Waals surface area contributed by atoms with E-state index in [1.807, 2.05) is 0 Å². The summed E-state index contributed by atoms with van der Waals surface area (Å²) >= 11 is 5.93. The maximum Gasteiger partial charge on any atom is 0.149 e. The average molecular weight is 265 g/mol. The molecule has 5 nitrogen and oxygen atoms in total. The van der Waals surface area contributed by atoms with E-state index in [4.69, 9.17) is 22.1 Å². The van der Waals surface area contributed by atoms with E-state index in [9.17, 15) is 0 Å². The Kier molecular flexibility index (Phi) is 3.84. The van der Waals surface area contributed by atoms with Gasteiger partial charge in [0, 0.05) is 11.2 Å². The second-order valence-corrected chi connectivity index (χ2v) is 4.03. The zero-order chi connectivity index (χ0) is 13.0. The highest BCUT2D eigenvalue weighted by molar-refractivity contribution is 6.30. The minimum Gasteiger partial charge on any atom is -0.495 e. The van der Waals surface area contributed by atoms with Crippen molar-refractivity contribution < 1.29 is 4.74 Å². The third kappa shape index (κ3) is 3.01. The molecule has 0 aliphatic rings. The number of nitrogens with two attached hydrogens (primary N) is 1. The van der Waals surface area contributed by atoms with Crippen LogP contribution in [0.4, 0.5) is 11.5 Å². The number of nitrogen functional groups attached to an aromatic ring is 1. The lowest BCUT2D eigenvalue weighted by Crippen LogP contribution is -2.06. The van der Waals surface area contributed by atoms with Crippen LogP contribution in [0.3, 0.4) is 0 Å². The Morgan fingerprint density at radius 3 is 2.94 bits per heavy atom. The fourth-order valence-electron chi connectivity index (χ4n) is 1.49. The molecule has 6 heteroatoms. The van der Waals surface area contributed by atoms with Crippen molar-refractivity contribution in [2.45, 2.75) is 6.54 Å². The van der Waals surface area contributed by atoms with Crippen molar-refractivity contribution in [1.82, 2.24) is 9.97 Å². The van der Waals surface area contributed by atoms with Crippen molar-refractivity contribution in [2.24, 2.45) is 0 Å². The molecule has 0 radical (unpaired) electrons. The summed E-state index contributed by atoms with van der Waals surface area (Å²) in [5, 5.41) is 3.79. The molecule has 0 saturated carbocycles. The van der Waals surface area contributed by atoms with Gasteiger partial charge in [-0.05, 0) is 24.3 Å². The molecule has 94 valence electrons. The first-order chi connectivity index (χ1) is 8.69. The summed E-state index contributed by atoms with van der Waals surface area (Å²) in [6.45, 7) is 0.446. The fourth-order valence-corrected chi connectivity index (χ4v) is 1.66. The van der Waals surface area contributed by atoms with Gasteiger partial charge >= 0.3 is 0 Å². The van der Waals surface area contributed by atoms with Crippen molar-refractivity contribution in [2.75, 3.05) is 18.2 Å². The van der Waals surface area contributed by atoms with Crippen LogP contribution < -0.4 is 15.8 Å². The Balaban J connectivity index is 2.12. The van der Waals surface area contributed by atoms with Crippen LogP contribution in [-0.2, 0) is 6.54 Å². The monoisotopic (exact) mass is 264 g/mol. The molecule has 2 rings (SSSR count). The van der Waals surface area contributed by atoms with Crippen molar-refractivity contribution in [3.63, 3.8) is 0 Å². The molecule has 0 aliphatic heterocycles. The Bertz CT molecular complexity index is 547. The molecule has 0 fully saturated rings. The first kappa shape index (κ1) is 12.4. The van der Waals surface area contributed by atoms with Gasteiger partial charge in [-0.15, -0.1) is 0 Å². The van der Waals surface area contributed by atoms with E-state index in [1.54, 1.807) is 37.6 Å². The highest BCUT2D eigenvalue weighted by atomic mass is 35.5. The van der Waals surface area contributed by atoms with Gasteiger partial charge in [-0.25, -0.2) is 9.97 Å². The summed E-state index contributed by atoms with van der Waals surface area (Å²) in [5.41, 5.74) is 6.37. The molecule has 1 aromatic carbocycles. The van der Waals surface area contributed by atoms with Crippen LogP contribution in [0.5, 0.6) is 5.75 Å². The van der Waals surface area contributed by atoms with Gasteiger partial charge in [0.1, 0.15) is 17.4 Å². The van der Waals surface area contributed by atoms with E-state index in [1.165, 1.54) is 0 Å². The quantitative estimate of drug-likeness (QED) is 0.887. The third-order valence-corrected chi connectivity index (χ3v) is 2.56. The van der Waals surface area contributed by atoms with Gasteiger partial charge in [0.15, 0.2) is 0 Å². The average Bonchev–Trinajstić information content (AvgIpc) is 2.37. The van der Waals surface area contributed by atoms with Crippen LogP contribution in [0.1, 0.15) is 5.82 Å². The number of aromatic nitrogens is 2. The van der Waals surface area contributed by atoms with Crippen LogP contribution in [0.15, 0.2) is 30.5 Å². The van der Waals surface area contributed by atoms with Crippen LogP contribution >= 0.6 is 11.6 Å². The minimum absolute atomic E-state index is 0.444. The van der Waals surface area contributed by atoms with Crippen molar-refractivity contribution in [3.8, 4) is 5.75 Å². The molecule has 2 aromatic rings. The van der Waals surface area contributed by atoms with Gasteiger partial charge in [0.2, 0.25) is 0 Å². The maximum absolute atomic E-state index is 5.93. The zero-order valence-electron chi connectivity index (χ0n) is 9.85. The first-order valence-corrected chi connectivity index (χ1v) is 5.71. The Labute approximate surface area is 110 Å². The lowest BCUT2D eigenvalue weighted by Gasteiger charge is -2.10. The lowest BCUT2D eigenvalue weighted by atomic mass is 10.3. The van der Waals surface area contributed by atoms with Gasteiger partial charge < -0.3 is 15.8 Å². The van der Waals surface area contributed by atoms with Crippen LogP contribution in [0, 0.1) is 0 Å². The molecule has 0 spiro atoms. The smallest absolute Gasteiger partial charge is 0.149 e. The van der Waals surface area contributed by atoms with Crippen LogP contribution in [0.25, 0.3) is 0 Å². The van der Waals surface area contributed by atoms with E-state index in [-0.39, 0.29) is 0 Å². The molecule has 0 aliphatic carbocycles. The number of hydrogen-bond acceptors (Lipinski definition) is 5. The highest BCUT2D eigenvalue weighted by Crippen LogP contribution is 2.27. The number of rotatable bonds is 4. The van der Waals surface area contributed by atoms with Crippen molar-refractivity contribution >= 4 is 23.1 Å². The summed E-state index contributed by atoms with van der Waals surface area (Å²) in [6, 6.07) is 6.99. The Hall–Kier alpha value is -2.01. The summed E-state index contributed by atoms with van der Waals surface area (Å²) in [5.74, 6) is 1.76. The zero-order valence-corrected chi connectivity index (χ0v) is 10.6. The number of ether oxygens (including phenoxy) is 1. The standard InChI is InChI=1S/C12H13ClN4O/c1-18-10-3-2-8(13)6-9(10)16-7-12-15-5-4-11(14)17-12/h2-6,16H,7H2,1H3,(H2,14,15,17). The molecule has 0 bridgehead atoms. The SMILES string of the molecule is COc1ccc(Cl)cc1NCc1nccc(N)n1. The number of nitrogens with zero attached hydrogens (tertiary/aromatic N) is 2. The molecule has 18 heavy (non-hydrogen) atoms. The van der Waals surface area contributed by atoms with E-state index >= 15 is 0 Å². The molecule has 0 atom stereocenters. The van der Waals surface area contributed by atoms with E-state index in [0.29, 0.717) is 29.0 Å². The normalized spacial score (nSPS) is 10.1. The van der Waals surface area contributed by atoms with Gasteiger partial charge in [0.25, 0.3) is 0 Å². The second-order valence-electron chi connectivity index (χ2n) is 3.60. The van der Waals surface area contributed by atoms with E-state index in [2.05, 4.69) is 15.3 Å². The predicted octanol–water partition coefficient (Wildman–Crippen LogP) is 2.33. The summed E-state index contributed by atoms with van der Waals surface area (Å²) in [7, 11) is 1.60. The molecule has 0 amide bonds. The Morgan fingerprint density at radius 1 is 1.39 bits per heavy atom. The summed E-state index contributed by atoms with van der Waals surface area (Å²) in [4.78, 5) is 8.20. The first-order valence-electron chi connectivity index (χ1n) is 5.34. The number of methoxy groups -OCH3 is 1. The van der Waals surface area contributed by atoms with E-state index in [0.717, 1.165) is 5.69 Å². The van der Waals surface area contributed by atoms with Crippen LogP contribution in [0.2, 0.25) is 5.02 Å². The molecule has 1 heterocycles. The maximum atomic E-state index is 5.93. The number of halogens is 1. The van der Waals surface area contributed by atoms with Gasteiger partial charge in [-0.1, -0.05) is 11.6 Å². The van der Waals surface area contributed by atoms with Gasteiger partial charge in [-0.2, -0.15) is 0 Å². The highest BCUT2D eigenvalue weighted by Gasteiger charge is 2.04. The number of anilines is 2. The van der Waals surface area contributed by atoms with Crippen molar-refractivity contribution in [3.05, 3.63) is 41.3 Å². The molecule has 1 aromatic heterocycles. The van der Waals surface area contributed by atoms with Crippen molar-refractivity contribution in [1.29, 1.82) is 0 Å². The van der Waals surface area contributed by atoms with Gasteiger partial charge in [-0.3, -0.25) is 0 Å². The molecular weight excluding hydrogens is 252 g/mol. The van der Waals surface area contributed by atoms with Crippen LogP contribution in [-0.4, -0.2) is 17.1 Å². The largest absolute Gasteiger partial charge is 0.495 e. The molecule has 0 unspecified atom stereocenters.